The molecule has 1 saturated carbocycles. The van der Waals surface area contributed by atoms with Crippen LogP contribution in [0.3, 0.4) is 0 Å². The van der Waals surface area contributed by atoms with Crippen LogP contribution in [0.2, 0.25) is 0 Å². The van der Waals surface area contributed by atoms with Crippen molar-refractivity contribution in [3.8, 4) is 0 Å². The van der Waals surface area contributed by atoms with Gasteiger partial charge in [0.05, 0.1) is 15.8 Å². The van der Waals surface area contributed by atoms with E-state index in [0.717, 1.165) is 12.8 Å². The molecule has 0 bridgehead atoms. The van der Waals surface area contributed by atoms with Crippen LogP contribution in [0.5, 0.6) is 0 Å². The maximum atomic E-state index is 13.1. The fourth-order valence-corrected chi connectivity index (χ4v) is 4.93. The summed E-state index contributed by atoms with van der Waals surface area (Å²) in [6.45, 7) is 3.49. The Kier molecular flexibility index (Phi) is 6.06. The Morgan fingerprint density at radius 2 is 1.77 bits per heavy atom. The highest BCUT2D eigenvalue weighted by Gasteiger charge is 2.29. The average Bonchev–Trinajstić information content (AvgIpc) is 3.49. The molecule has 10 heteroatoms. The molecule has 1 atom stereocenters. The van der Waals surface area contributed by atoms with Gasteiger partial charge in [-0.15, -0.1) is 0 Å². The third kappa shape index (κ3) is 4.89. The van der Waals surface area contributed by atoms with Crippen LogP contribution < -0.4 is 9.86 Å². The van der Waals surface area contributed by atoms with Crippen LogP contribution in [0, 0.1) is 6.92 Å². The van der Waals surface area contributed by atoms with Crippen molar-refractivity contribution in [2.45, 2.75) is 48.6 Å². The number of nitrogens with two attached hydrogens (primary N) is 1. The summed E-state index contributed by atoms with van der Waals surface area (Å²) >= 11 is 0. The third-order valence-electron chi connectivity index (χ3n) is 5.22. The Labute approximate surface area is 177 Å². The monoisotopic (exact) mass is 451 g/mol. The summed E-state index contributed by atoms with van der Waals surface area (Å²) in [6, 6.07) is 10.0. The van der Waals surface area contributed by atoms with Crippen molar-refractivity contribution < 1.29 is 21.6 Å². The van der Waals surface area contributed by atoms with Crippen LogP contribution in [0.1, 0.15) is 47.3 Å². The van der Waals surface area contributed by atoms with E-state index >= 15 is 0 Å². The van der Waals surface area contributed by atoms with Crippen molar-refractivity contribution in [2.24, 2.45) is 5.14 Å². The molecule has 1 fully saturated rings. The molecule has 3 rings (SSSR count). The van der Waals surface area contributed by atoms with E-state index in [1.807, 2.05) is 0 Å². The van der Waals surface area contributed by atoms with Gasteiger partial charge in [0.25, 0.3) is 5.91 Å². The number of hydrogen-bond donors (Lipinski definition) is 2. The molecule has 0 radical (unpaired) electrons. The Bertz CT molecular complexity index is 1190. The molecular weight excluding hydrogens is 426 g/mol. The fraction of sp³-hybridized carbons (Fsp3) is 0.350. The van der Waals surface area contributed by atoms with E-state index in [9.17, 15) is 21.6 Å². The zero-order valence-electron chi connectivity index (χ0n) is 17.0. The van der Waals surface area contributed by atoms with Crippen LogP contribution in [0.15, 0.2) is 52.3 Å². The van der Waals surface area contributed by atoms with Gasteiger partial charge in [-0.25, -0.2) is 26.7 Å². The predicted molar refractivity (Wildman–Crippen MR) is 113 cm³/mol. The van der Waals surface area contributed by atoms with Gasteiger partial charge in [-0.1, -0.05) is 18.2 Å². The number of rotatable bonds is 7. The largest absolute Gasteiger partial charge is 0.335 e. The standard InChI is InChI=1S/C20H25N3O5S2/c1-13-7-10-18(30(27,28)22-16-8-9-16)12-19(13)20(24)23(3)14(2)15-5-4-6-17(11-15)29(21,25)26/h4-7,10-12,14,16,22H,8-9H2,1-3H3,(H2,21,25,26). The molecule has 3 N–H and O–H groups in total. The Hall–Kier alpha value is -2.27. The predicted octanol–water partition coefficient (Wildman–Crippen LogP) is 1.92. The molecule has 0 spiro atoms. The Morgan fingerprint density at radius 1 is 1.10 bits per heavy atom. The minimum atomic E-state index is -3.87. The second-order valence-corrected chi connectivity index (χ2v) is 10.9. The first-order chi connectivity index (χ1) is 13.9. The minimum absolute atomic E-state index is 0.0377. The Morgan fingerprint density at radius 3 is 2.37 bits per heavy atom. The van der Waals surface area contributed by atoms with Crippen LogP contribution in [0.25, 0.3) is 0 Å². The van der Waals surface area contributed by atoms with Crippen LogP contribution in [0.4, 0.5) is 0 Å². The van der Waals surface area contributed by atoms with Crippen molar-refractivity contribution in [2.75, 3.05) is 7.05 Å². The third-order valence-corrected chi connectivity index (χ3v) is 7.65. The summed E-state index contributed by atoms with van der Waals surface area (Å²) in [5.74, 6) is -0.371. The van der Waals surface area contributed by atoms with Gasteiger partial charge in [0.15, 0.2) is 0 Å². The number of hydrogen-bond acceptors (Lipinski definition) is 5. The van der Waals surface area contributed by atoms with Gasteiger partial charge in [-0.3, -0.25) is 4.79 Å². The SMILES string of the molecule is Cc1ccc(S(=O)(=O)NC2CC2)cc1C(=O)N(C)C(C)c1cccc(S(N)(=O)=O)c1. The zero-order valence-corrected chi connectivity index (χ0v) is 18.6. The first-order valence-electron chi connectivity index (χ1n) is 9.43. The summed E-state index contributed by atoms with van der Waals surface area (Å²) in [5, 5.41) is 5.20. The van der Waals surface area contributed by atoms with Crippen molar-refractivity contribution in [1.29, 1.82) is 0 Å². The average molecular weight is 452 g/mol. The lowest BCUT2D eigenvalue weighted by molar-refractivity contribution is 0.0741. The molecule has 1 aliphatic rings. The number of carbonyl (C=O) groups excluding carboxylic acids is 1. The lowest BCUT2D eigenvalue weighted by Gasteiger charge is -2.26. The first kappa shape index (κ1) is 22.4. The molecule has 1 amide bonds. The summed E-state index contributed by atoms with van der Waals surface area (Å²) in [6.07, 6.45) is 1.63. The fourth-order valence-electron chi connectivity index (χ4n) is 3.03. The highest BCUT2D eigenvalue weighted by Crippen LogP contribution is 2.26. The lowest BCUT2D eigenvalue weighted by Crippen LogP contribution is -2.31. The molecule has 8 nitrogen and oxygen atoms in total. The topological polar surface area (TPSA) is 127 Å². The molecule has 0 aromatic heterocycles. The number of amides is 1. The highest BCUT2D eigenvalue weighted by atomic mass is 32.2. The van der Waals surface area contributed by atoms with Crippen LogP contribution in [-0.4, -0.2) is 40.7 Å². The van der Waals surface area contributed by atoms with Gasteiger partial charge in [0.2, 0.25) is 20.0 Å². The van der Waals surface area contributed by atoms with Crippen LogP contribution in [-0.2, 0) is 20.0 Å². The van der Waals surface area contributed by atoms with E-state index in [1.165, 1.54) is 29.2 Å². The van der Waals surface area contributed by atoms with Crippen molar-refractivity contribution in [3.05, 3.63) is 59.2 Å². The van der Waals surface area contributed by atoms with E-state index in [1.54, 1.807) is 39.1 Å². The summed E-state index contributed by atoms with van der Waals surface area (Å²) in [5.41, 5.74) is 1.50. The molecule has 0 heterocycles. The zero-order chi connectivity index (χ0) is 22.3. The van der Waals surface area contributed by atoms with Crippen LogP contribution >= 0.6 is 0 Å². The molecule has 0 aliphatic heterocycles. The molecule has 2 aromatic rings. The number of sulfonamides is 2. The van der Waals surface area contributed by atoms with Crippen molar-refractivity contribution in [3.63, 3.8) is 0 Å². The Balaban J connectivity index is 1.89. The van der Waals surface area contributed by atoms with E-state index < -0.39 is 26.1 Å². The molecule has 30 heavy (non-hydrogen) atoms. The highest BCUT2D eigenvalue weighted by molar-refractivity contribution is 7.89. The number of nitrogens with zero attached hydrogens (tertiary/aromatic N) is 1. The first-order valence-corrected chi connectivity index (χ1v) is 12.5. The summed E-state index contributed by atoms with van der Waals surface area (Å²) in [4.78, 5) is 14.6. The number of primary sulfonamides is 1. The number of aryl methyl sites for hydroxylation is 1. The quantitative estimate of drug-likeness (QED) is 0.665. The number of benzene rings is 2. The van der Waals surface area contributed by atoms with E-state index in [4.69, 9.17) is 5.14 Å². The molecule has 2 aromatic carbocycles. The minimum Gasteiger partial charge on any atom is -0.335 e. The summed E-state index contributed by atoms with van der Waals surface area (Å²) in [7, 11) is -5.98. The second kappa shape index (κ2) is 8.10. The summed E-state index contributed by atoms with van der Waals surface area (Å²) < 4.78 is 50.9. The van der Waals surface area contributed by atoms with Crippen molar-refractivity contribution >= 4 is 26.0 Å². The maximum Gasteiger partial charge on any atom is 0.254 e. The van der Waals surface area contributed by atoms with Gasteiger partial charge in [-0.2, -0.15) is 0 Å². The molecular formula is C20H25N3O5S2. The smallest absolute Gasteiger partial charge is 0.254 e. The van der Waals surface area contributed by atoms with Gasteiger partial charge >= 0.3 is 0 Å². The lowest BCUT2D eigenvalue weighted by atomic mass is 10.0. The normalized spacial score (nSPS) is 15.6. The van der Waals surface area contributed by atoms with Gasteiger partial charge in [-0.05, 0) is 62.1 Å². The molecule has 1 aliphatic carbocycles. The van der Waals surface area contributed by atoms with E-state index in [-0.39, 0.29) is 27.3 Å². The molecule has 0 saturated heterocycles. The van der Waals surface area contributed by atoms with Crippen molar-refractivity contribution in [1.82, 2.24) is 9.62 Å². The number of nitrogens with one attached hydrogen (secondary N) is 1. The maximum absolute atomic E-state index is 13.1. The van der Waals surface area contributed by atoms with Gasteiger partial charge in [0.1, 0.15) is 0 Å². The van der Waals surface area contributed by atoms with E-state index in [2.05, 4.69) is 4.72 Å². The number of carbonyl (C=O) groups is 1. The van der Waals surface area contributed by atoms with E-state index in [0.29, 0.717) is 11.1 Å². The molecule has 1 unspecified atom stereocenters. The van der Waals surface area contributed by atoms with Gasteiger partial charge in [0, 0.05) is 18.7 Å². The second-order valence-electron chi connectivity index (χ2n) is 7.58. The molecule has 162 valence electrons. The van der Waals surface area contributed by atoms with Gasteiger partial charge < -0.3 is 4.90 Å².